The molecular weight excluding hydrogens is 343 g/mol. The highest BCUT2D eigenvalue weighted by Gasteiger charge is 2.53. The molecule has 0 atom stereocenters. The Morgan fingerprint density at radius 2 is 1.41 bits per heavy atom. The van der Waals surface area contributed by atoms with Gasteiger partial charge in [0.05, 0.1) is 0 Å². The van der Waals surface area contributed by atoms with Gasteiger partial charge in [0.2, 0.25) is 0 Å². The minimum Gasteiger partial charge on any atom is -0.354 e. The van der Waals surface area contributed by atoms with E-state index in [0.29, 0.717) is 6.42 Å². The first-order chi connectivity index (χ1) is 12.6. The van der Waals surface area contributed by atoms with Gasteiger partial charge in [-0.15, -0.1) is 0 Å². The number of aryl methyl sites for hydroxylation is 1. The average Bonchev–Trinajstić information content (AvgIpc) is 2.60. The van der Waals surface area contributed by atoms with Crippen LogP contribution in [0.4, 0.5) is 4.39 Å². The van der Waals surface area contributed by atoms with Crippen molar-refractivity contribution in [1.29, 1.82) is 0 Å². The number of benzene rings is 2. The van der Waals surface area contributed by atoms with Crippen molar-refractivity contribution in [1.82, 2.24) is 0 Å². The largest absolute Gasteiger partial charge is 0.354 e. The van der Waals surface area contributed by atoms with E-state index in [4.69, 9.17) is 4.74 Å². The van der Waals surface area contributed by atoms with Crippen LogP contribution in [0.15, 0.2) is 42.5 Å². The van der Waals surface area contributed by atoms with Crippen LogP contribution in [-0.4, -0.2) is 22.8 Å². The van der Waals surface area contributed by atoms with Crippen molar-refractivity contribution in [3.8, 4) is 11.1 Å². The Morgan fingerprint density at radius 3 is 1.93 bits per heavy atom. The summed E-state index contributed by atoms with van der Waals surface area (Å²) >= 11 is 0. The third kappa shape index (κ3) is 3.46. The van der Waals surface area contributed by atoms with Gasteiger partial charge in [0.1, 0.15) is 22.9 Å². The quantitative estimate of drug-likeness (QED) is 0.727. The van der Waals surface area contributed by atoms with Gasteiger partial charge in [-0.25, -0.2) is 4.39 Å². The Bertz CT molecular complexity index is 868. The minimum atomic E-state index is -1.03. The molecule has 0 saturated carbocycles. The fourth-order valence-corrected chi connectivity index (χ4v) is 3.85. The van der Waals surface area contributed by atoms with Crippen molar-refractivity contribution in [3.63, 3.8) is 0 Å². The number of hydrogen-bond donors (Lipinski definition) is 0. The van der Waals surface area contributed by atoms with Crippen molar-refractivity contribution in [2.24, 2.45) is 0 Å². The summed E-state index contributed by atoms with van der Waals surface area (Å²) in [5.74, 6) is -1.54. The Labute approximate surface area is 159 Å². The highest BCUT2D eigenvalue weighted by atomic mass is 19.1. The fourth-order valence-electron chi connectivity index (χ4n) is 3.85. The fraction of sp³-hybridized carbons (Fsp3) is 0.391. The molecule has 2 aromatic carbocycles. The molecule has 2 aromatic rings. The van der Waals surface area contributed by atoms with E-state index >= 15 is 0 Å². The van der Waals surface area contributed by atoms with Gasteiger partial charge in [-0.2, -0.15) is 0 Å². The van der Waals surface area contributed by atoms with Gasteiger partial charge in [-0.3, -0.25) is 9.59 Å². The van der Waals surface area contributed by atoms with Crippen LogP contribution >= 0.6 is 0 Å². The van der Waals surface area contributed by atoms with Crippen LogP contribution in [0.25, 0.3) is 11.1 Å². The molecule has 0 radical (unpaired) electrons. The third-order valence-electron chi connectivity index (χ3n) is 5.23. The van der Waals surface area contributed by atoms with E-state index in [-0.39, 0.29) is 17.4 Å². The predicted molar refractivity (Wildman–Crippen MR) is 103 cm³/mol. The van der Waals surface area contributed by atoms with Gasteiger partial charge in [0.25, 0.3) is 0 Å². The molecule has 27 heavy (non-hydrogen) atoms. The minimum absolute atomic E-state index is 0.212. The first-order valence-electron chi connectivity index (χ1n) is 9.24. The molecule has 3 rings (SSSR count). The summed E-state index contributed by atoms with van der Waals surface area (Å²) in [4.78, 5) is 26.0. The third-order valence-corrected chi connectivity index (χ3v) is 5.23. The molecule has 3 nitrogen and oxygen atoms in total. The number of ether oxygens (including phenoxy) is 1. The van der Waals surface area contributed by atoms with E-state index in [9.17, 15) is 14.0 Å². The topological polar surface area (TPSA) is 43.4 Å². The molecule has 0 N–H and O–H groups in total. The molecule has 1 heterocycles. The molecule has 0 bridgehead atoms. The molecule has 0 unspecified atom stereocenters. The van der Waals surface area contributed by atoms with Crippen molar-refractivity contribution in [3.05, 3.63) is 59.4 Å². The van der Waals surface area contributed by atoms with Crippen molar-refractivity contribution >= 4 is 11.6 Å². The maximum atomic E-state index is 13.2. The SMILES string of the molecule is CCc1cc(-c2ccc(F)cc2)ccc1C1C(=O)C(C)(C)OC(C)(C)C1=O. The number of hydrogen-bond acceptors (Lipinski definition) is 3. The zero-order chi connectivity index (χ0) is 20.0. The van der Waals surface area contributed by atoms with Crippen LogP contribution < -0.4 is 0 Å². The lowest BCUT2D eigenvalue weighted by Crippen LogP contribution is -2.58. The first-order valence-corrected chi connectivity index (χ1v) is 9.24. The molecule has 0 aliphatic carbocycles. The molecule has 1 fully saturated rings. The predicted octanol–water partition coefficient (Wildman–Crippen LogP) is 4.86. The second-order valence-electron chi connectivity index (χ2n) is 8.06. The van der Waals surface area contributed by atoms with E-state index in [0.717, 1.165) is 22.3 Å². The number of carbonyl (C=O) groups is 2. The average molecular weight is 368 g/mol. The molecule has 1 saturated heterocycles. The van der Waals surface area contributed by atoms with Gasteiger partial charge in [-0.1, -0.05) is 37.3 Å². The highest BCUT2D eigenvalue weighted by molar-refractivity contribution is 6.15. The van der Waals surface area contributed by atoms with Crippen LogP contribution in [0.1, 0.15) is 51.7 Å². The summed E-state index contributed by atoms with van der Waals surface area (Å²) in [5, 5.41) is 0. The maximum absolute atomic E-state index is 13.2. The van der Waals surface area contributed by atoms with Gasteiger partial charge in [0, 0.05) is 0 Å². The Kier molecular flexibility index (Phi) is 4.81. The van der Waals surface area contributed by atoms with Crippen molar-refractivity contribution in [2.45, 2.75) is 58.2 Å². The number of halogens is 1. The van der Waals surface area contributed by atoms with E-state index in [1.165, 1.54) is 12.1 Å². The van der Waals surface area contributed by atoms with Crippen LogP contribution in [0.5, 0.6) is 0 Å². The summed E-state index contributed by atoms with van der Waals surface area (Å²) in [7, 11) is 0. The summed E-state index contributed by atoms with van der Waals surface area (Å²) in [6, 6.07) is 12.0. The Balaban J connectivity index is 2.09. The smallest absolute Gasteiger partial charge is 0.179 e. The summed E-state index contributed by atoms with van der Waals surface area (Å²) in [5.41, 5.74) is 1.45. The van der Waals surface area contributed by atoms with Crippen molar-refractivity contribution in [2.75, 3.05) is 0 Å². The monoisotopic (exact) mass is 368 g/mol. The van der Waals surface area contributed by atoms with Crippen molar-refractivity contribution < 1.29 is 18.7 Å². The number of carbonyl (C=O) groups excluding carboxylic acids is 2. The number of ketones is 2. The second kappa shape index (κ2) is 6.68. The molecule has 1 aliphatic rings. The van der Waals surface area contributed by atoms with Crippen LogP contribution in [0.2, 0.25) is 0 Å². The summed E-state index contributed by atoms with van der Waals surface area (Å²) < 4.78 is 19.0. The van der Waals surface area contributed by atoms with Crippen LogP contribution in [0.3, 0.4) is 0 Å². The maximum Gasteiger partial charge on any atom is 0.179 e. The standard InChI is InChI=1S/C23H25FO3/c1-6-14-13-16(15-7-10-17(24)11-8-15)9-12-18(14)19-20(25)22(2,3)27-23(4,5)21(19)26/h7-13,19H,6H2,1-5H3. The van der Waals surface area contributed by atoms with Crippen LogP contribution in [-0.2, 0) is 20.7 Å². The van der Waals surface area contributed by atoms with E-state index in [2.05, 4.69) is 0 Å². The van der Waals surface area contributed by atoms with Gasteiger partial charge in [0.15, 0.2) is 11.6 Å². The highest BCUT2D eigenvalue weighted by Crippen LogP contribution is 2.40. The van der Waals surface area contributed by atoms with Gasteiger partial charge in [-0.05, 0) is 68.5 Å². The molecule has 0 spiro atoms. The molecule has 0 aromatic heterocycles. The second-order valence-corrected chi connectivity index (χ2v) is 8.06. The lowest BCUT2D eigenvalue weighted by atomic mass is 9.73. The van der Waals surface area contributed by atoms with E-state index in [1.54, 1.807) is 39.8 Å². The first kappa shape index (κ1) is 19.4. The van der Waals surface area contributed by atoms with E-state index < -0.39 is 17.1 Å². The molecular formula is C23H25FO3. The molecule has 142 valence electrons. The number of rotatable bonds is 3. The summed E-state index contributed by atoms with van der Waals surface area (Å²) in [6.45, 7) is 8.87. The Morgan fingerprint density at radius 1 is 0.889 bits per heavy atom. The van der Waals surface area contributed by atoms with Gasteiger partial charge < -0.3 is 4.74 Å². The summed E-state index contributed by atoms with van der Waals surface area (Å²) in [6.07, 6.45) is 0.684. The normalized spacial score (nSPS) is 19.3. The Hall–Kier alpha value is -2.33. The molecule has 0 amide bonds. The molecule has 4 heteroatoms. The van der Waals surface area contributed by atoms with Gasteiger partial charge >= 0.3 is 0 Å². The molecule has 1 aliphatic heterocycles. The zero-order valence-corrected chi connectivity index (χ0v) is 16.4. The van der Waals surface area contributed by atoms with Crippen LogP contribution in [0, 0.1) is 5.82 Å². The lowest BCUT2D eigenvalue weighted by Gasteiger charge is -2.43. The lowest BCUT2D eigenvalue weighted by molar-refractivity contribution is -0.184. The number of Topliss-reactive ketones (excluding diaryl/α,β-unsaturated/α-hetero) is 2. The zero-order valence-electron chi connectivity index (χ0n) is 16.4. The van der Waals surface area contributed by atoms with E-state index in [1.807, 2.05) is 25.1 Å².